The number of nitrogens with zero attached hydrogens (tertiary/aromatic N) is 1. The van der Waals surface area contributed by atoms with Crippen molar-refractivity contribution < 1.29 is 23.5 Å². The van der Waals surface area contributed by atoms with E-state index in [0.717, 1.165) is 22.1 Å². The Hall–Kier alpha value is -3.80. The molecule has 0 saturated carbocycles. The molecule has 0 N–H and O–H groups in total. The molecule has 0 saturated heterocycles. The average molecular weight is 403 g/mol. The number of benzene rings is 3. The number of ether oxygens (including phenoxy) is 3. The normalized spacial score (nSPS) is 10.7. The summed E-state index contributed by atoms with van der Waals surface area (Å²) in [6.45, 7) is 2.31. The quantitative estimate of drug-likeness (QED) is 0.392. The lowest BCUT2D eigenvalue weighted by molar-refractivity contribution is 0.0462. The molecule has 30 heavy (non-hydrogen) atoms. The van der Waals surface area contributed by atoms with E-state index in [4.69, 9.17) is 18.7 Å². The summed E-state index contributed by atoms with van der Waals surface area (Å²) in [6, 6.07) is 20.5. The highest BCUT2D eigenvalue weighted by molar-refractivity contribution is 6.07. The third-order valence-electron chi connectivity index (χ3n) is 4.66. The van der Waals surface area contributed by atoms with Crippen LogP contribution in [-0.2, 0) is 11.3 Å². The fourth-order valence-electron chi connectivity index (χ4n) is 3.24. The highest BCUT2D eigenvalue weighted by atomic mass is 16.5. The van der Waals surface area contributed by atoms with E-state index < -0.39 is 5.97 Å². The zero-order valence-electron chi connectivity index (χ0n) is 16.8. The molecule has 6 heteroatoms. The van der Waals surface area contributed by atoms with E-state index in [1.807, 2.05) is 61.5 Å². The molecule has 0 aliphatic rings. The predicted octanol–water partition coefficient (Wildman–Crippen LogP) is 5.26. The van der Waals surface area contributed by atoms with Crippen LogP contribution >= 0.6 is 0 Å². The standard InChI is InChI=1S/C24H21NO5/c1-3-28-21-12-11-16-7-4-5-10-20(16)23(21)24(26)29-15-18-14-22(30-25-18)17-8-6-9-19(13-17)27-2/h4-14H,3,15H2,1-2H3. The second-order valence-electron chi connectivity index (χ2n) is 6.58. The molecule has 6 nitrogen and oxygen atoms in total. The van der Waals surface area contributed by atoms with E-state index >= 15 is 0 Å². The first-order valence-electron chi connectivity index (χ1n) is 9.61. The second kappa shape index (κ2) is 8.69. The van der Waals surface area contributed by atoms with E-state index in [2.05, 4.69) is 5.16 Å². The van der Waals surface area contributed by atoms with Crippen LogP contribution in [0.4, 0.5) is 0 Å². The molecule has 0 radical (unpaired) electrons. The Kier molecular flexibility index (Phi) is 5.66. The van der Waals surface area contributed by atoms with Crippen molar-refractivity contribution in [1.82, 2.24) is 5.16 Å². The minimum Gasteiger partial charge on any atom is -0.497 e. The summed E-state index contributed by atoms with van der Waals surface area (Å²) in [7, 11) is 1.61. The van der Waals surface area contributed by atoms with Gasteiger partial charge in [0, 0.05) is 11.6 Å². The van der Waals surface area contributed by atoms with E-state index in [1.165, 1.54) is 0 Å². The summed E-state index contributed by atoms with van der Waals surface area (Å²) in [5.41, 5.74) is 1.75. The summed E-state index contributed by atoms with van der Waals surface area (Å²) >= 11 is 0. The minimum absolute atomic E-state index is 0.0128. The third-order valence-corrected chi connectivity index (χ3v) is 4.66. The third kappa shape index (κ3) is 3.98. The van der Waals surface area contributed by atoms with Crippen molar-refractivity contribution >= 4 is 16.7 Å². The van der Waals surface area contributed by atoms with Crippen LogP contribution in [0.5, 0.6) is 11.5 Å². The average Bonchev–Trinajstić information content (AvgIpc) is 3.27. The molecular weight excluding hydrogens is 382 g/mol. The number of hydrogen-bond donors (Lipinski definition) is 0. The summed E-state index contributed by atoms with van der Waals surface area (Å²) in [6.07, 6.45) is 0. The van der Waals surface area contributed by atoms with Gasteiger partial charge < -0.3 is 18.7 Å². The highest BCUT2D eigenvalue weighted by Crippen LogP contribution is 2.30. The van der Waals surface area contributed by atoms with Gasteiger partial charge in [-0.25, -0.2) is 4.79 Å². The molecule has 3 aromatic carbocycles. The Morgan fingerprint density at radius 2 is 1.90 bits per heavy atom. The molecule has 0 aliphatic heterocycles. The maximum atomic E-state index is 12.9. The first-order chi connectivity index (χ1) is 14.7. The van der Waals surface area contributed by atoms with Gasteiger partial charge in [-0.05, 0) is 35.9 Å². The lowest BCUT2D eigenvalue weighted by Crippen LogP contribution is -2.09. The van der Waals surface area contributed by atoms with Crippen LogP contribution < -0.4 is 9.47 Å². The van der Waals surface area contributed by atoms with Crippen LogP contribution in [0.2, 0.25) is 0 Å². The maximum Gasteiger partial charge on any atom is 0.342 e. The highest BCUT2D eigenvalue weighted by Gasteiger charge is 2.19. The molecule has 0 unspecified atom stereocenters. The van der Waals surface area contributed by atoms with Crippen LogP contribution in [0.25, 0.3) is 22.1 Å². The lowest BCUT2D eigenvalue weighted by Gasteiger charge is -2.12. The fraction of sp³-hybridized carbons (Fsp3) is 0.167. The summed E-state index contributed by atoms with van der Waals surface area (Å²) in [5, 5.41) is 5.73. The van der Waals surface area contributed by atoms with Gasteiger partial charge in [0.05, 0.1) is 13.7 Å². The van der Waals surface area contributed by atoms with Gasteiger partial charge >= 0.3 is 5.97 Å². The molecule has 152 valence electrons. The lowest BCUT2D eigenvalue weighted by atomic mass is 10.0. The first kappa shape index (κ1) is 19.5. The predicted molar refractivity (Wildman–Crippen MR) is 113 cm³/mol. The molecular formula is C24H21NO5. The van der Waals surface area contributed by atoms with Gasteiger partial charge in [-0.1, -0.05) is 47.6 Å². The second-order valence-corrected chi connectivity index (χ2v) is 6.58. The molecule has 0 aliphatic carbocycles. The molecule has 4 aromatic rings. The molecule has 0 fully saturated rings. The Balaban J connectivity index is 1.54. The molecule has 4 rings (SSSR count). The smallest absolute Gasteiger partial charge is 0.342 e. The van der Waals surface area contributed by atoms with Crippen LogP contribution in [0.3, 0.4) is 0 Å². The maximum absolute atomic E-state index is 12.9. The van der Waals surface area contributed by atoms with E-state index in [0.29, 0.717) is 29.4 Å². The number of carbonyl (C=O) groups is 1. The van der Waals surface area contributed by atoms with E-state index in [1.54, 1.807) is 19.2 Å². The van der Waals surface area contributed by atoms with Crippen molar-refractivity contribution in [2.45, 2.75) is 13.5 Å². The summed E-state index contributed by atoms with van der Waals surface area (Å²) in [5.74, 6) is 1.32. The Morgan fingerprint density at radius 1 is 1.03 bits per heavy atom. The van der Waals surface area contributed by atoms with Crippen LogP contribution in [0, 0.1) is 0 Å². The van der Waals surface area contributed by atoms with Crippen LogP contribution in [0.1, 0.15) is 23.0 Å². The van der Waals surface area contributed by atoms with Crippen molar-refractivity contribution in [2.24, 2.45) is 0 Å². The number of rotatable bonds is 7. The number of hydrogen-bond acceptors (Lipinski definition) is 6. The zero-order valence-corrected chi connectivity index (χ0v) is 16.8. The van der Waals surface area contributed by atoms with Crippen LogP contribution in [0.15, 0.2) is 71.3 Å². The van der Waals surface area contributed by atoms with E-state index in [-0.39, 0.29) is 6.61 Å². The molecule has 0 amide bonds. The van der Waals surface area contributed by atoms with Crippen LogP contribution in [-0.4, -0.2) is 24.8 Å². The van der Waals surface area contributed by atoms with Crippen molar-refractivity contribution in [2.75, 3.05) is 13.7 Å². The van der Waals surface area contributed by atoms with Gasteiger partial charge in [0.1, 0.15) is 29.4 Å². The van der Waals surface area contributed by atoms with Gasteiger partial charge in [0.2, 0.25) is 0 Å². The number of aromatic nitrogens is 1. The van der Waals surface area contributed by atoms with Gasteiger partial charge in [0.15, 0.2) is 5.76 Å². The number of esters is 1. The molecule has 1 aromatic heterocycles. The topological polar surface area (TPSA) is 70.8 Å². The first-order valence-corrected chi connectivity index (χ1v) is 9.61. The van der Waals surface area contributed by atoms with Crippen molar-refractivity contribution in [3.63, 3.8) is 0 Å². The van der Waals surface area contributed by atoms with Gasteiger partial charge in [-0.3, -0.25) is 0 Å². The van der Waals surface area contributed by atoms with Gasteiger partial charge in [-0.2, -0.15) is 0 Å². The van der Waals surface area contributed by atoms with Crippen molar-refractivity contribution in [1.29, 1.82) is 0 Å². The fourth-order valence-corrected chi connectivity index (χ4v) is 3.24. The largest absolute Gasteiger partial charge is 0.497 e. The van der Waals surface area contributed by atoms with Gasteiger partial charge in [-0.15, -0.1) is 0 Å². The molecule has 0 bridgehead atoms. The molecule has 1 heterocycles. The Labute approximate surface area is 174 Å². The number of fused-ring (bicyclic) bond motifs is 1. The monoisotopic (exact) mass is 403 g/mol. The summed E-state index contributed by atoms with van der Waals surface area (Å²) < 4.78 is 21.8. The molecule has 0 spiro atoms. The van der Waals surface area contributed by atoms with E-state index in [9.17, 15) is 4.79 Å². The van der Waals surface area contributed by atoms with Crippen molar-refractivity contribution in [3.8, 4) is 22.8 Å². The molecule has 0 atom stereocenters. The SMILES string of the molecule is CCOc1ccc2ccccc2c1C(=O)OCc1cc(-c2cccc(OC)c2)on1. The minimum atomic E-state index is -0.471. The van der Waals surface area contributed by atoms with Crippen molar-refractivity contribution in [3.05, 3.63) is 78.0 Å². The Morgan fingerprint density at radius 3 is 2.73 bits per heavy atom. The Bertz CT molecular complexity index is 1180. The number of carbonyl (C=O) groups excluding carboxylic acids is 1. The zero-order chi connectivity index (χ0) is 20.9. The number of methoxy groups -OCH3 is 1. The summed E-state index contributed by atoms with van der Waals surface area (Å²) in [4.78, 5) is 12.9. The van der Waals surface area contributed by atoms with Gasteiger partial charge in [0.25, 0.3) is 0 Å².